The number of nitrogens with two attached hydrogens (primary N) is 1. The van der Waals surface area contributed by atoms with Gasteiger partial charge in [-0.3, -0.25) is 9.36 Å². The Bertz CT molecular complexity index is 242. The van der Waals surface area contributed by atoms with Gasteiger partial charge in [-0.15, -0.1) is 0 Å². The minimum absolute atomic E-state index is 0.0827. The Balaban J connectivity index is 4.12. The Morgan fingerprint density at radius 1 is 1.64 bits per heavy atom. The lowest BCUT2D eigenvalue weighted by molar-refractivity contribution is -0.145. The molecule has 0 saturated carbocycles. The summed E-state index contributed by atoms with van der Waals surface area (Å²) in [6, 6.07) is -1.35. The molecule has 0 fully saturated rings. The molecule has 0 rings (SSSR count). The van der Waals surface area contributed by atoms with Gasteiger partial charge in [0.15, 0.2) is 0 Å². The van der Waals surface area contributed by atoms with E-state index in [4.69, 9.17) is 15.5 Å². The summed E-state index contributed by atoms with van der Waals surface area (Å²) in [6.45, 7) is 1.62. The van der Waals surface area contributed by atoms with E-state index in [1.54, 1.807) is 6.92 Å². The summed E-state index contributed by atoms with van der Waals surface area (Å²) in [7, 11) is -4.82. The van der Waals surface area contributed by atoms with Crippen LogP contribution in [0.1, 0.15) is 13.3 Å². The van der Waals surface area contributed by atoms with E-state index >= 15 is 0 Å². The lowest BCUT2D eigenvalue weighted by Gasteiger charge is -2.14. The van der Waals surface area contributed by atoms with Crippen molar-refractivity contribution in [3.8, 4) is 0 Å². The van der Waals surface area contributed by atoms with Crippen molar-refractivity contribution in [1.82, 2.24) is 0 Å². The van der Waals surface area contributed by atoms with Crippen molar-refractivity contribution in [3.63, 3.8) is 0 Å². The molecule has 0 aliphatic carbocycles. The number of ether oxygens (including phenoxy) is 1. The van der Waals surface area contributed by atoms with E-state index in [0.29, 0.717) is 0 Å². The number of hydrogen-bond acceptors (Lipinski definition) is 4. The number of esters is 1. The Labute approximate surface area is 80.4 Å². The second-order valence-corrected chi connectivity index (χ2v) is 4.36. The first-order valence-corrected chi connectivity index (χ1v) is 5.58. The lowest BCUT2D eigenvalue weighted by atomic mass is 10.2. The lowest BCUT2D eigenvalue weighted by Crippen LogP contribution is -2.34. The summed E-state index contributed by atoms with van der Waals surface area (Å²) >= 11 is 0. The molecular formula is C6H13FNO5P. The Morgan fingerprint density at radius 3 is 2.50 bits per heavy atom. The number of carbonyl (C=O) groups excluding carboxylic acids is 1. The molecule has 0 unspecified atom stereocenters. The summed E-state index contributed by atoms with van der Waals surface area (Å²) in [4.78, 5) is 27.6. The van der Waals surface area contributed by atoms with Crippen molar-refractivity contribution >= 4 is 13.6 Å². The normalized spacial score (nSPS) is 16.1. The number of rotatable bonds is 5. The predicted octanol–water partition coefficient (Wildman–Crippen LogP) is -0.260. The first-order chi connectivity index (χ1) is 6.29. The SMILES string of the molecule is CCOC(=O)[C@@H](N)C[C@@H](F)P(=O)(O)O. The number of alkyl halides is 1. The van der Waals surface area contributed by atoms with Crippen molar-refractivity contribution < 1.29 is 28.3 Å². The molecule has 0 aliphatic heterocycles. The molecule has 0 heterocycles. The van der Waals surface area contributed by atoms with Crippen LogP contribution in [0.25, 0.3) is 0 Å². The summed E-state index contributed by atoms with van der Waals surface area (Å²) in [6.07, 6.45) is -0.747. The van der Waals surface area contributed by atoms with Gasteiger partial charge in [0.05, 0.1) is 6.61 Å². The molecule has 0 aliphatic rings. The molecule has 0 aromatic carbocycles. The van der Waals surface area contributed by atoms with Crippen LogP contribution in [0, 0.1) is 0 Å². The Morgan fingerprint density at radius 2 is 2.14 bits per heavy atom. The van der Waals surface area contributed by atoms with Crippen LogP contribution in [0.5, 0.6) is 0 Å². The highest BCUT2D eigenvalue weighted by atomic mass is 31.2. The minimum Gasteiger partial charge on any atom is -0.465 e. The Hall–Kier alpha value is -0.490. The molecule has 0 bridgehead atoms. The molecule has 2 atom stereocenters. The molecule has 6 nitrogen and oxygen atoms in total. The highest BCUT2D eigenvalue weighted by Gasteiger charge is 2.32. The van der Waals surface area contributed by atoms with Crippen LogP contribution in [0.2, 0.25) is 0 Å². The van der Waals surface area contributed by atoms with Crippen LogP contribution < -0.4 is 5.73 Å². The van der Waals surface area contributed by atoms with E-state index in [0.717, 1.165) is 0 Å². The predicted molar refractivity (Wildman–Crippen MR) is 46.2 cm³/mol. The Kier molecular flexibility index (Phi) is 5.22. The highest BCUT2D eigenvalue weighted by Crippen LogP contribution is 2.43. The quantitative estimate of drug-likeness (QED) is 0.442. The zero-order valence-electron chi connectivity index (χ0n) is 7.59. The fourth-order valence-electron chi connectivity index (χ4n) is 0.692. The smallest absolute Gasteiger partial charge is 0.359 e. The maximum atomic E-state index is 12.7. The first kappa shape index (κ1) is 13.5. The molecule has 8 heteroatoms. The largest absolute Gasteiger partial charge is 0.465 e. The van der Waals surface area contributed by atoms with Crippen LogP contribution >= 0.6 is 7.60 Å². The van der Waals surface area contributed by atoms with Crippen LogP contribution in [0.4, 0.5) is 4.39 Å². The molecule has 14 heavy (non-hydrogen) atoms. The standard InChI is InChI=1S/C6H13FNO5P/c1-2-13-6(9)4(8)3-5(7)14(10,11)12/h4-5H,2-3,8H2,1H3,(H2,10,11,12)/t4-,5-/m0/s1. The topological polar surface area (TPSA) is 110 Å². The third kappa shape index (κ3) is 4.66. The number of carbonyl (C=O) groups is 1. The second kappa shape index (κ2) is 5.41. The number of halogens is 1. The molecule has 0 radical (unpaired) electrons. The molecule has 0 amide bonds. The zero-order chi connectivity index (χ0) is 11.4. The maximum absolute atomic E-state index is 12.7. The summed E-state index contributed by atoms with van der Waals surface area (Å²) in [5, 5.41) is 0. The van der Waals surface area contributed by atoms with Gasteiger partial charge in [0.25, 0.3) is 0 Å². The van der Waals surface area contributed by atoms with Crippen molar-refractivity contribution in [2.24, 2.45) is 5.73 Å². The van der Waals surface area contributed by atoms with E-state index in [2.05, 4.69) is 4.74 Å². The molecular weight excluding hydrogens is 216 g/mol. The van der Waals surface area contributed by atoms with Gasteiger partial charge in [-0.1, -0.05) is 0 Å². The van der Waals surface area contributed by atoms with E-state index in [1.165, 1.54) is 0 Å². The molecule has 84 valence electrons. The maximum Gasteiger partial charge on any atom is 0.359 e. The van der Waals surface area contributed by atoms with Gasteiger partial charge in [-0.2, -0.15) is 0 Å². The minimum atomic E-state index is -4.82. The first-order valence-electron chi connectivity index (χ1n) is 3.90. The number of hydrogen-bond donors (Lipinski definition) is 3. The van der Waals surface area contributed by atoms with Gasteiger partial charge in [-0.25, -0.2) is 4.39 Å². The van der Waals surface area contributed by atoms with Crippen molar-refractivity contribution in [2.45, 2.75) is 25.3 Å². The van der Waals surface area contributed by atoms with E-state index in [1.807, 2.05) is 0 Å². The third-order valence-electron chi connectivity index (χ3n) is 1.40. The third-order valence-corrected chi connectivity index (χ3v) is 2.34. The average molecular weight is 229 g/mol. The van der Waals surface area contributed by atoms with Gasteiger partial charge in [0, 0.05) is 6.42 Å². The molecule has 0 aromatic heterocycles. The van der Waals surface area contributed by atoms with Gasteiger partial charge >= 0.3 is 13.6 Å². The summed E-state index contributed by atoms with van der Waals surface area (Å²) < 4.78 is 27.5. The average Bonchev–Trinajstić information content (AvgIpc) is 2.02. The van der Waals surface area contributed by atoms with Gasteiger partial charge < -0.3 is 20.3 Å². The van der Waals surface area contributed by atoms with Crippen LogP contribution in [0.3, 0.4) is 0 Å². The van der Waals surface area contributed by atoms with Gasteiger partial charge in [0.1, 0.15) is 6.04 Å². The fraction of sp³-hybridized carbons (Fsp3) is 0.833. The summed E-state index contributed by atoms with van der Waals surface area (Å²) in [5.41, 5.74) is 5.14. The zero-order valence-corrected chi connectivity index (χ0v) is 8.49. The van der Waals surface area contributed by atoms with Crippen LogP contribution in [-0.4, -0.2) is 34.3 Å². The van der Waals surface area contributed by atoms with Gasteiger partial charge in [-0.05, 0) is 6.92 Å². The van der Waals surface area contributed by atoms with E-state index < -0.39 is 31.9 Å². The van der Waals surface area contributed by atoms with Crippen LogP contribution in [-0.2, 0) is 14.1 Å². The molecule has 4 N–H and O–H groups in total. The van der Waals surface area contributed by atoms with Crippen molar-refractivity contribution in [1.29, 1.82) is 0 Å². The molecule has 0 saturated heterocycles. The molecule has 0 spiro atoms. The van der Waals surface area contributed by atoms with E-state index in [9.17, 15) is 13.8 Å². The van der Waals surface area contributed by atoms with E-state index in [-0.39, 0.29) is 6.61 Å². The van der Waals surface area contributed by atoms with Crippen molar-refractivity contribution in [3.05, 3.63) is 0 Å². The fourth-order valence-corrected chi connectivity index (χ4v) is 1.19. The molecule has 0 aromatic rings. The highest BCUT2D eigenvalue weighted by molar-refractivity contribution is 7.52. The van der Waals surface area contributed by atoms with Crippen LogP contribution in [0.15, 0.2) is 0 Å². The van der Waals surface area contributed by atoms with Crippen molar-refractivity contribution in [2.75, 3.05) is 6.61 Å². The summed E-state index contributed by atoms with van der Waals surface area (Å²) in [5.74, 6) is -3.30. The van der Waals surface area contributed by atoms with Gasteiger partial charge in [0.2, 0.25) is 5.91 Å². The monoisotopic (exact) mass is 229 g/mol. The second-order valence-electron chi connectivity index (χ2n) is 2.62.